The van der Waals surface area contributed by atoms with Crippen molar-refractivity contribution in [3.63, 3.8) is 0 Å². The first-order valence-electron chi connectivity index (χ1n) is 10.0. The van der Waals surface area contributed by atoms with E-state index in [0.29, 0.717) is 16.5 Å². The minimum absolute atomic E-state index is 0.129. The molecule has 0 aliphatic carbocycles. The van der Waals surface area contributed by atoms with Gasteiger partial charge in [0.05, 0.1) is 16.9 Å². The van der Waals surface area contributed by atoms with Gasteiger partial charge >= 0.3 is 0 Å². The van der Waals surface area contributed by atoms with E-state index < -0.39 is 0 Å². The highest BCUT2D eigenvalue weighted by Gasteiger charge is 2.22. The van der Waals surface area contributed by atoms with Crippen molar-refractivity contribution in [1.82, 2.24) is 25.1 Å². The first-order chi connectivity index (χ1) is 14.5. The fourth-order valence-corrected chi connectivity index (χ4v) is 3.96. The molecule has 1 amide bonds. The third kappa shape index (κ3) is 4.67. The van der Waals surface area contributed by atoms with Crippen molar-refractivity contribution in [2.24, 2.45) is 0 Å². The number of fused-ring (bicyclic) bond motifs is 1. The third-order valence-corrected chi connectivity index (χ3v) is 5.75. The maximum absolute atomic E-state index is 13.1. The van der Waals surface area contributed by atoms with Gasteiger partial charge in [-0.3, -0.25) is 19.5 Å². The quantitative estimate of drug-likeness (QED) is 0.549. The van der Waals surface area contributed by atoms with E-state index in [-0.39, 0.29) is 22.3 Å². The monoisotopic (exact) mass is 423 g/mol. The van der Waals surface area contributed by atoms with Gasteiger partial charge in [-0.25, -0.2) is 0 Å². The predicted octanol–water partition coefficient (Wildman–Crippen LogP) is 2.30. The molecule has 1 aromatic heterocycles. The van der Waals surface area contributed by atoms with E-state index in [2.05, 4.69) is 32.1 Å². The number of likely N-dealkylation sites (N-methyl/N-ethyl adjacent to an activating group) is 1. The summed E-state index contributed by atoms with van der Waals surface area (Å²) in [6, 6.07) is 14.9. The number of piperazine rings is 1. The molecular formula is C22H25N5O2S. The minimum Gasteiger partial charge on any atom is -0.344 e. The number of H-pyrrole nitrogens is 2. The van der Waals surface area contributed by atoms with Gasteiger partial charge in [0.2, 0.25) is 0 Å². The Morgan fingerprint density at radius 1 is 1.10 bits per heavy atom. The van der Waals surface area contributed by atoms with Crippen LogP contribution in [-0.2, 0) is 0 Å². The Morgan fingerprint density at radius 2 is 1.83 bits per heavy atom. The van der Waals surface area contributed by atoms with Crippen LogP contribution >= 0.6 is 12.2 Å². The molecule has 1 saturated heterocycles. The number of aromatic nitrogens is 2. The van der Waals surface area contributed by atoms with Gasteiger partial charge in [0.15, 0.2) is 4.77 Å². The highest BCUT2D eigenvalue weighted by molar-refractivity contribution is 7.71. The predicted molar refractivity (Wildman–Crippen MR) is 120 cm³/mol. The fraction of sp³-hybridized carbons (Fsp3) is 0.318. The zero-order chi connectivity index (χ0) is 21.1. The van der Waals surface area contributed by atoms with Crippen LogP contribution in [-0.4, -0.2) is 65.4 Å². The van der Waals surface area contributed by atoms with Crippen LogP contribution in [0.3, 0.4) is 0 Å². The van der Waals surface area contributed by atoms with Crippen LogP contribution in [0.4, 0.5) is 0 Å². The summed E-state index contributed by atoms with van der Waals surface area (Å²) in [5.41, 5.74) is 1.84. The van der Waals surface area contributed by atoms with Gasteiger partial charge in [0, 0.05) is 38.3 Å². The maximum Gasteiger partial charge on any atom is 0.259 e. The molecule has 0 spiro atoms. The van der Waals surface area contributed by atoms with Gasteiger partial charge in [0.25, 0.3) is 11.5 Å². The van der Waals surface area contributed by atoms with E-state index in [0.717, 1.165) is 38.3 Å². The highest BCUT2D eigenvalue weighted by Crippen LogP contribution is 2.17. The number of benzene rings is 2. The molecule has 0 radical (unpaired) electrons. The molecule has 1 aliphatic rings. The van der Waals surface area contributed by atoms with Gasteiger partial charge < -0.3 is 15.2 Å². The first kappa shape index (κ1) is 20.5. The second-order valence-corrected chi connectivity index (χ2v) is 8.12. The van der Waals surface area contributed by atoms with Gasteiger partial charge in [-0.15, -0.1) is 0 Å². The number of carbonyl (C=O) groups excluding carboxylic acids is 1. The molecule has 1 fully saturated rings. The average molecular weight is 424 g/mol. The largest absolute Gasteiger partial charge is 0.344 e. The zero-order valence-electron chi connectivity index (χ0n) is 16.9. The first-order valence-corrected chi connectivity index (χ1v) is 10.4. The lowest BCUT2D eigenvalue weighted by atomic mass is 10.0. The van der Waals surface area contributed by atoms with Crippen LogP contribution in [0, 0.1) is 4.77 Å². The summed E-state index contributed by atoms with van der Waals surface area (Å²) in [6.07, 6.45) is 0. The normalized spacial score (nSPS) is 16.4. The Balaban J connectivity index is 1.57. The second kappa shape index (κ2) is 8.91. The summed E-state index contributed by atoms with van der Waals surface area (Å²) >= 11 is 5.05. The number of nitrogens with one attached hydrogen (secondary N) is 3. The average Bonchev–Trinajstić information content (AvgIpc) is 2.74. The Morgan fingerprint density at radius 3 is 2.57 bits per heavy atom. The number of hydrogen-bond acceptors (Lipinski definition) is 5. The Labute approximate surface area is 179 Å². The molecule has 2 aromatic carbocycles. The zero-order valence-corrected chi connectivity index (χ0v) is 17.7. The minimum atomic E-state index is -0.266. The molecule has 1 atom stereocenters. The number of amides is 1. The standard InChI is InChI=1S/C22H25N5O2S/c1-26-9-11-27(12-10-26)14-19(15-5-3-2-4-6-15)23-20(28)16-7-8-17-18(13-16)24-22(30)25-21(17)29/h2-8,13,19H,9-12,14H2,1H3,(H,23,28)(H2,24,25,29,30). The summed E-state index contributed by atoms with van der Waals surface area (Å²) < 4.78 is 0.238. The van der Waals surface area contributed by atoms with Gasteiger partial charge in [-0.2, -0.15) is 0 Å². The molecule has 156 valence electrons. The lowest BCUT2D eigenvalue weighted by Gasteiger charge is -2.35. The number of carbonyl (C=O) groups is 1. The summed E-state index contributed by atoms with van der Waals surface area (Å²) in [5, 5.41) is 3.65. The number of rotatable bonds is 5. The van der Waals surface area contributed by atoms with Crippen LogP contribution in [0.5, 0.6) is 0 Å². The van der Waals surface area contributed by atoms with Crippen LogP contribution in [0.1, 0.15) is 22.0 Å². The van der Waals surface area contributed by atoms with Crippen LogP contribution in [0.25, 0.3) is 10.9 Å². The fourth-order valence-electron chi connectivity index (χ4n) is 3.76. The van der Waals surface area contributed by atoms with Crippen molar-refractivity contribution < 1.29 is 4.79 Å². The van der Waals surface area contributed by atoms with Crippen molar-refractivity contribution in [2.75, 3.05) is 39.8 Å². The Hall–Kier alpha value is -2.81. The summed E-state index contributed by atoms with van der Waals surface area (Å²) in [5.74, 6) is -0.181. The van der Waals surface area contributed by atoms with Crippen molar-refractivity contribution in [3.8, 4) is 0 Å². The SMILES string of the molecule is CN1CCN(CC(NC(=O)c2ccc3c(=O)[nH]c(=S)[nH]c3c2)c2ccccc2)CC1. The third-order valence-electron chi connectivity index (χ3n) is 5.55. The summed E-state index contributed by atoms with van der Waals surface area (Å²) in [4.78, 5) is 35.3. The molecule has 30 heavy (non-hydrogen) atoms. The van der Waals surface area contributed by atoms with E-state index in [9.17, 15) is 9.59 Å². The lowest BCUT2D eigenvalue weighted by molar-refractivity contribution is 0.0907. The van der Waals surface area contributed by atoms with Gasteiger partial charge in [-0.1, -0.05) is 30.3 Å². The van der Waals surface area contributed by atoms with E-state index in [4.69, 9.17) is 12.2 Å². The second-order valence-electron chi connectivity index (χ2n) is 7.71. The van der Waals surface area contributed by atoms with E-state index in [1.807, 2.05) is 30.3 Å². The number of nitrogens with zero attached hydrogens (tertiary/aromatic N) is 2. The van der Waals surface area contributed by atoms with Crippen molar-refractivity contribution in [2.45, 2.75) is 6.04 Å². The van der Waals surface area contributed by atoms with E-state index in [1.165, 1.54) is 0 Å². The Bertz CT molecular complexity index is 1150. The van der Waals surface area contributed by atoms with Gasteiger partial charge in [-0.05, 0) is 43.0 Å². The highest BCUT2D eigenvalue weighted by atomic mass is 32.1. The summed E-state index contributed by atoms with van der Waals surface area (Å²) in [7, 11) is 2.13. The molecule has 1 aliphatic heterocycles. The van der Waals surface area contributed by atoms with Crippen LogP contribution in [0.15, 0.2) is 53.3 Å². The molecule has 8 heteroatoms. The molecular weight excluding hydrogens is 398 g/mol. The summed E-state index contributed by atoms with van der Waals surface area (Å²) in [6.45, 7) is 4.75. The molecule has 0 saturated carbocycles. The number of hydrogen-bond donors (Lipinski definition) is 3. The molecule has 7 nitrogen and oxygen atoms in total. The van der Waals surface area contributed by atoms with Gasteiger partial charge in [0.1, 0.15) is 0 Å². The molecule has 3 aromatic rings. The van der Waals surface area contributed by atoms with Crippen molar-refractivity contribution in [3.05, 3.63) is 74.8 Å². The van der Waals surface area contributed by atoms with Crippen LogP contribution in [0.2, 0.25) is 0 Å². The Kier molecular flexibility index (Phi) is 6.08. The lowest BCUT2D eigenvalue weighted by Crippen LogP contribution is -2.47. The molecule has 0 bridgehead atoms. The molecule has 2 heterocycles. The maximum atomic E-state index is 13.1. The van der Waals surface area contributed by atoms with E-state index in [1.54, 1.807) is 18.2 Å². The van der Waals surface area contributed by atoms with Crippen LogP contribution < -0.4 is 10.9 Å². The number of aromatic amines is 2. The smallest absolute Gasteiger partial charge is 0.259 e. The molecule has 1 unspecified atom stereocenters. The topological polar surface area (TPSA) is 84.2 Å². The molecule has 4 rings (SSSR count). The molecule has 3 N–H and O–H groups in total. The van der Waals surface area contributed by atoms with E-state index >= 15 is 0 Å². The van der Waals surface area contributed by atoms with Crippen molar-refractivity contribution >= 4 is 29.0 Å². The van der Waals surface area contributed by atoms with Crippen molar-refractivity contribution in [1.29, 1.82) is 0 Å².